The van der Waals surface area contributed by atoms with Crippen molar-refractivity contribution in [3.63, 3.8) is 0 Å². The topological polar surface area (TPSA) is 152 Å². The molecule has 0 amide bonds. The smallest absolute Gasteiger partial charge is 0.306 e. The molecule has 10 nitrogen and oxygen atoms in total. The molecule has 6 atom stereocenters. The Hall–Kier alpha value is -1.30. The van der Waals surface area contributed by atoms with Gasteiger partial charge < -0.3 is 39.4 Å². The first-order valence-corrected chi connectivity index (χ1v) is 23.6. The van der Waals surface area contributed by atoms with Crippen LogP contribution in [0.5, 0.6) is 0 Å². The highest BCUT2D eigenvalue weighted by Crippen LogP contribution is 2.23. The summed E-state index contributed by atoms with van der Waals surface area (Å²) in [5.74, 6) is -0.794. The van der Waals surface area contributed by atoms with Gasteiger partial charge in [-0.25, -0.2) is 0 Å². The van der Waals surface area contributed by atoms with Gasteiger partial charge in [-0.15, -0.1) is 0 Å². The predicted molar refractivity (Wildman–Crippen MR) is 224 cm³/mol. The van der Waals surface area contributed by atoms with Crippen molar-refractivity contribution in [1.29, 1.82) is 0 Å². The molecule has 0 radical (unpaired) electrons. The molecule has 1 rings (SSSR count). The normalized spacial score (nSPS) is 20.3. The van der Waals surface area contributed by atoms with Crippen LogP contribution >= 0.6 is 0 Å². The van der Waals surface area contributed by atoms with Crippen LogP contribution in [0.15, 0.2) is 0 Å². The van der Waals surface area contributed by atoms with Gasteiger partial charge in [-0.2, -0.15) is 0 Å². The Kier molecular flexibility index (Phi) is 35.7. The van der Waals surface area contributed by atoms with Crippen molar-refractivity contribution in [3.8, 4) is 0 Å². The maximum absolute atomic E-state index is 12.8. The van der Waals surface area contributed by atoms with E-state index >= 15 is 0 Å². The van der Waals surface area contributed by atoms with E-state index in [4.69, 9.17) is 18.9 Å². The van der Waals surface area contributed by atoms with Gasteiger partial charge in [0.2, 0.25) is 0 Å². The van der Waals surface area contributed by atoms with Crippen LogP contribution in [0.1, 0.15) is 226 Å². The van der Waals surface area contributed by atoms with Crippen LogP contribution in [0.4, 0.5) is 0 Å². The van der Waals surface area contributed by atoms with Crippen molar-refractivity contribution < 1.29 is 49.0 Å². The summed E-state index contributed by atoms with van der Waals surface area (Å²) in [7, 11) is 0. The fourth-order valence-electron chi connectivity index (χ4n) is 7.48. The molecular formula is C46H88O10. The zero-order valence-electron chi connectivity index (χ0n) is 36.2. The van der Waals surface area contributed by atoms with E-state index in [0.717, 1.165) is 38.5 Å². The van der Waals surface area contributed by atoms with E-state index in [1.807, 2.05) is 0 Å². The Morgan fingerprint density at radius 3 is 1.21 bits per heavy atom. The van der Waals surface area contributed by atoms with E-state index < -0.39 is 49.4 Å². The van der Waals surface area contributed by atoms with Crippen LogP contribution in [0.2, 0.25) is 0 Å². The molecule has 4 N–H and O–H groups in total. The van der Waals surface area contributed by atoms with Gasteiger partial charge >= 0.3 is 11.9 Å². The summed E-state index contributed by atoms with van der Waals surface area (Å²) in [6, 6.07) is 0. The van der Waals surface area contributed by atoms with Gasteiger partial charge in [0.15, 0.2) is 12.4 Å². The fourth-order valence-corrected chi connectivity index (χ4v) is 7.48. The van der Waals surface area contributed by atoms with Gasteiger partial charge in [0.1, 0.15) is 31.0 Å². The summed E-state index contributed by atoms with van der Waals surface area (Å²) in [5, 5.41) is 40.0. The Morgan fingerprint density at radius 2 is 0.839 bits per heavy atom. The lowest BCUT2D eigenvalue weighted by Crippen LogP contribution is -2.59. The Morgan fingerprint density at radius 1 is 0.482 bits per heavy atom. The lowest BCUT2D eigenvalue weighted by molar-refractivity contribution is -0.305. The third kappa shape index (κ3) is 29.0. The highest BCUT2D eigenvalue weighted by atomic mass is 16.7. The predicted octanol–water partition coefficient (Wildman–Crippen LogP) is 10.2. The zero-order chi connectivity index (χ0) is 40.9. The lowest BCUT2D eigenvalue weighted by atomic mass is 9.99. The number of esters is 2. The number of rotatable bonds is 40. The van der Waals surface area contributed by atoms with E-state index in [1.54, 1.807) is 0 Å². The Bertz CT molecular complexity index is 886. The first-order chi connectivity index (χ1) is 27.3. The van der Waals surface area contributed by atoms with Crippen LogP contribution in [0.3, 0.4) is 0 Å². The number of aliphatic hydroxyl groups is 4. The third-order valence-corrected chi connectivity index (χ3v) is 11.2. The average Bonchev–Trinajstić information content (AvgIpc) is 3.19. The second kappa shape index (κ2) is 37.9. The molecule has 0 saturated carbocycles. The average molecular weight is 801 g/mol. The summed E-state index contributed by atoms with van der Waals surface area (Å²) in [6.07, 6.45) is 31.3. The zero-order valence-corrected chi connectivity index (χ0v) is 36.2. The van der Waals surface area contributed by atoms with Crippen molar-refractivity contribution in [2.75, 3.05) is 19.8 Å². The maximum Gasteiger partial charge on any atom is 0.306 e. The van der Waals surface area contributed by atoms with Gasteiger partial charge in [-0.1, -0.05) is 200 Å². The summed E-state index contributed by atoms with van der Waals surface area (Å²) in [4.78, 5) is 25.2. The van der Waals surface area contributed by atoms with Gasteiger partial charge in [-0.05, 0) is 12.8 Å². The number of ether oxygens (including phenoxy) is 4. The molecule has 0 aliphatic carbocycles. The second-order valence-electron chi connectivity index (χ2n) is 16.6. The van der Waals surface area contributed by atoms with Crippen molar-refractivity contribution in [2.45, 2.75) is 263 Å². The SMILES string of the molecule is CCCCCCCCCCCCCCCCCCCCCCCCC(=O)O[C@H](COC(=O)CCCCCCCCCCC)CO[C@@H]1O[C@H](CO)[C@H](O)C(O)C1O. The van der Waals surface area contributed by atoms with E-state index in [0.29, 0.717) is 6.42 Å². The second-order valence-corrected chi connectivity index (χ2v) is 16.6. The van der Waals surface area contributed by atoms with Crippen LogP contribution in [0.25, 0.3) is 0 Å². The number of hydrogen-bond acceptors (Lipinski definition) is 10. The monoisotopic (exact) mass is 801 g/mol. The van der Waals surface area contributed by atoms with E-state index in [1.165, 1.54) is 154 Å². The molecule has 1 aliphatic rings. The molecule has 1 saturated heterocycles. The minimum Gasteiger partial charge on any atom is -0.462 e. The minimum absolute atomic E-state index is 0.210. The highest BCUT2D eigenvalue weighted by molar-refractivity contribution is 5.70. The summed E-state index contributed by atoms with van der Waals surface area (Å²) >= 11 is 0. The summed E-state index contributed by atoms with van der Waals surface area (Å²) < 4.78 is 22.1. The molecule has 2 unspecified atom stereocenters. The molecule has 0 bridgehead atoms. The first-order valence-electron chi connectivity index (χ1n) is 23.6. The molecule has 0 aromatic carbocycles. The maximum atomic E-state index is 12.8. The van der Waals surface area contributed by atoms with Crippen molar-refractivity contribution in [2.24, 2.45) is 0 Å². The number of carbonyl (C=O) groups is 2. The molecule has 1 heterocycles. The van der Waals surface area contributed by atoms with Crippen LogP contribution in [-0.4, -0.2) is 89.0 Å². The number of aliphatic hydroxyl groups excluding tert-OH is 4. The number of unbranched alkanes of at least 4 members (excludes halogenated alkanes) is 29. The Balaban J connectivity index is 2.21. The van der Waals surface area contributed by atoms with Gasteiger partial charge in [0.25, 0.3) is 0 Å². The number of hydrogen-bond donors (Lipinski definition) is 4. The Labute approximate surface area is 342 Å². The molecule has 10 heteroatoms. The number of carbonyl (C=O) groups excluding carboxylic acids is 2. The first kappa shape index (κ1) is 52.7. The summed E-state index contributed by atoms with van der Waals surface area (Å²) in [5.41, 5.74) is 0. The van der Waals surface area contributed by atoms with Crippen molar-refractivity contribution in [3.05, 3.63) is 0 Å². The van der Waals surface area contributed by atoms with Crippen LogP contribution < -0.4 is 0 Å². The van der Waals surface area contributed by atoms with E-state index in [9.17, 15) is 30.0 Å². The lowest BCUT2D eigenvalue weighted by Gasteiger charge is -2.39. The van der Waals surface area contributed by atoms with E-state index in [-0.39, 0.29) is 32.0 Å². The molecule has 0 spiro atoms. The van der Waals surface area contributed by atoms with Crippen LogP contribution in [-0.2, 0) is 28.5 Å². The molecule has 332 valence electrons. The third-order valence-electron chi connectivity index (χ3n) is 11.2. The standard InChI is InChI=1S/C46H88O10/c1-3-5-7-9-11-13-14-15-16-17-18-19-20-21-22-23-24-25-27-29-31-33-35-42(49)55-39(38-54-46-45(52)44(51)43(50)40(36-47)56-46)37-53-41(48)34-32-30-28-26-12-10-8-6-4-2/h39-40,43-47,50-52H,3-38H2,1-2H3/t39-,40-,43+,44?,45?,46-/m1/s1. The minimum atomic E-state index is -1.59. The van der Waals surface area contributed by atoms with Crippen molar-refractivity contribution >= 4 is 11.9 Å². The fraction of sp³-hybridized carbons (Fsp3) is 0.957. The summed E-state index contributed by atoms with van der Waals surface area (Å²) in [6.45, 7) is 3.43. The largest absolute Gasteiger partial charge is 0.462 e. The van der Waals surface area contributed by atoms with Gasteiger partial charge in [0, 0.05) is 12.8 Å². The van der Waals surface area contributed by atoms with Crippen LogP contribution in [0, 0.1) is 0 Å². The molecule has 1 fully saturated rings. The molecular weight excluding hydrogens is 712 g/mol. The quantitative estimate of drug-likeness (QED) is 0.0348. The van der Waals surface area contributed by atoms with Crippen molar-refractivity contribution in [1.82, 2.24) is 0 Å². The van der Waals surface area contributed by atoms with E-state index in [2.05, 4.69) is 13.8 Å². The van der Waals surface area contributed by atoms with Gasteiger partial charge in [0.05, 0.1) is 13.2 Å². The molecule has 0 aromatic rings. The molecule has 56 heavy (non-hydrogen) atoms. The molecule has 1 aliphatic heterocycles. The molecule has 0 aromatic heterocycles. The van der Waals surface area contributed by atoms with Gasteiger partial charge in [-0.3, -0.25) is 9.59 Å². The highest BCUT2D eigenvalue weighted by Gasteiger charge is 2.44.